The van der Waals surface area contributed by atoms with Crippen LogP contribution < -0.4 is 5.32 Å². The third-order valence-corrected chi connectivity index (χ3v) is 6.47. The molecule has 1 fully saturated rings. The van der Waals surface area contributed by atoms with E-state index in [1.807, 2.05) is 61.2 Å². The smallest absolute Gasteiger partial charge is 0.253 e. The van der Waals surface area contributed by atoms with E-state index in [9.17, 15) is 9.59 Å². The Kier molecular flexibility index (Phi) is 6.75. The number of carbonyl (C=O) groups is 2. The van der Waals surface area contributed by atoms with Gasteiger partial charge in [-0.1, -0.05) is 55.8 Å². The molecule has 1 aliphatic rings. The molecule has 0 aliphatic carbocycles. The molecule has 0 saturated carbocycles. The van der Waals surface area contributed by atoms with Gasteiger partial charge in [0.25, 0.3) is 5.91 Å². The van der Waals surface area contributed by atoms with E-state index in [2.05, 4.69) is 22.4 Å². The van der Waals surface area contributed by atoms with E-state index >= 15 is 0 Å². The van der Waals surface area contributed by atoms with Gasteiger partial charge in [-0.2, -0.15) is 0 Å². The molecule has 0 spiro atoms. The molecule has 166 valence electrons. The van der Waals surface area contributed by atoms with E-state index in [0.29, 0.717) is 24.6 Å². The predicted molar refractivity (Wildman–Crippen MR) is 128 cm³/mol. The Labute approximate surface area is 193 Å². The number of nitrogens with zero attached hydrogens (tertiary/aromatic N) is 2. The monoisotopic (exact) mass is 449 g/mol. The lowest BCUT2D eigenvalue weighted by Gasteiger charge is -2.35. The number of hydrogen-bond donors (Lipinski definition) is 1. The number of carbonyl (C=O) groups excluding carboxylic acids is 2. The third-order valence-electron chi connectivity index (χ3n) is 6.22. The lowest BCUT2D eigenvalue weighted by molar-refractivity contribution is -0.135. The lowest BCUT2D eigenvalue weighted by Crippen LogP contribution is -2.52. The highest BCUT2D eigenvalue weighted by atomic mass is 35.5. The number of para-hydroxylation sites is 1. The molecule has 32 heavy (non-hydrogen) atoms. The number of nitrogens with one attached hydrogen (secondary N) is 1. The lowest BCUT2D eigenvalue weighted by atomic mass is 9.89. The van der Waals surface area contributed by atoms with Crippen molar-refractivity contribution < 1.29 is 9.59 Å². The van der Waals surface area contributed by atoms with Crippen LogP contribution in [0.25, 0.3) is 10.9 Å². The second kappa shape index (κ2) is 9.70. The summed E-state index contributed by atoms with van der Waals surface area (Å²) in [6, 6.07) is 16.9. The van der Waals surface area contributed by atoms with Crippen molar-refractivity contribution in [3.05, 3.63) is 76.9 Å². The van der Waals surface area contributed by atoms with E-state index in [-0.39, 0.29) is 17.7 Å². The van der Waals surface area contributed by atoms with E-state index in [1.54, 1.807) is 6.20 Å². The zero-order valence-electron chi connectivity index (χ0n) is 18.4. The molecular formula is C26H28ClN3O2. The number of amides is 2. The van der Waals surface area contributed by atoms with Crippen molar-refractivity contribution in [2.24, 2.45) is 5.92 Å². The van der Waals surface area contributed by atoms with Gasteiger partial charge in [0, 0.05) is 29.7 Å². The highest BCUT2D eigenvalue weighted by Crippen LogP contribution is 2.29. The number of likely N-dealkylation sites (tertiary alicyclic amines) is 1. The topological polar surface area (TPSA) is 62.3 Å². The van der Waals surface area contributed by atoms with Crippen molar-refractivity contribution in [3.8, 4) is 0 Å². The zero-order chi connectivity index (χ0) is 22.7. The molecule has 1 aromatic heterocycles. The summed E-state index contributed by atoms with van der Waals surface area (Å²) in [5.41, 5.74) is 2.56. The van der Waals surface area contributed by atoms with Gasteiger partial charge in [-0.05, 0) is 54.5 Å². The SMILES string of the molecule is CC(C)[C@@H](NC(=O)c1cnc2ccccc2c1)C(=O)N1CCC(c2ccc(Cl)cc2)CC1. The van der Waals surface area contributed by atoms with Crippen molar-refractivity contribution in [2.75, 3.05) is 13.1 Å². The quantitative estimate of drug-likeness (QED) is 0.593. The first-order valence-corrected chi connectivity index (χ1v) is 11.5. The highest BCUT2D eigenvalue weighted by Gasteiger charge is 2.31. The first-order chi connectivity index (χ1) is 15.4. The Balaban J connectivity index is 1.41. The van der Waals surface area contributed by atoms with Crippen LogP contribution >= 0.6 is 11.6 Å². The molecule has 0 radical (unpaired) electrons. The molecule has 2 aromatic carbocycles. The molecule has 5 nitrogen and oxygen atoms in total. The van der Waals surface area contributed by atoms with Crippen LogP contribution in [-0.2, 0) is 4.79 Å². The first-order valence-electron chi connectivity index (χ1n) is 11.1. The van der Waals surface area contributed by atoms with Crippen molar-refractivity contribution in [1.29, 1.82) is 0 Å². The van der Waals surface area contributed by atoms with Gasteiger partial charge in [0.2, 0.25) is 5.91 Å². The minimum Gasteiger partial charge on any atom is -0.341 e. The van der Waals surface area contributed by atoms with Crippen LogP contribution in [-0.4, -0.2) is 40.8 Å². The number of benzene rings is 2. The molecule has 4 rings (SSSR count). The Hall–Kier alpha value is -2.92. The number of aromatic nitrogens is 1. The predicted octanol–water partition coefficient (Wildman–Crippen LogP) is 5.05. The normalized spacial score (nSPS) is 15.7. The van der Waals surface area contributed by atoms with Crippen molar-refractivity contribution in [1.82, 2.24) is 15.2 Å². The van der Waals surface area contributed by atoms with Crippen LogP contribution in [0.15, 0.2) is 60.8 Å². The van der Waals surface area contributed by atoms with Crippen LogP contribution in [0.5, 0.6) is 0 Å². The largest absolute Gasteiger partial charge is 0.341 e. The number of hydrogen-bond acceptors (Lipinski definition) is 3. The molecule has 1 aliphatic heterocycles. The Morgan fingerprint density at radius 2 is 1.75 bits per heavy atom. The number of fused-ring (bicyclic) bond motifs is 1. The fraction of sp³-hybridized carbons (Fsp3) is 0.346. The molecule has 2 heterocycles. The fourth-order valence-electron chi connectivity index (χ4n) is 4.30. The van der Waals surface area contributed by atoms with Gasteiger partial charge in [-0.3, -0.25) is 14.6 Å². The van der Waals surface area contributed by atoms with Gasteiger partial charge in [-0.25, -0.2) is 0 Å². The summed E-state index contributed by atoms with van der Waals surface area (Å²) in [5.74, 6) is 0.115. The standard InChI is InChI=1S/C26H28ClN3O2/c1-17(2)24(29-25(31)21-15-20-5-3-4-6-23(20)28-16-21)26(32)30-13-11-19(12-14-30)18-7-9-22(27)10-8-18/h3-10,15-17,19,24H,11-14H2,1-2H3,(H,29,31)/t24-/m1/s1. The average Bonchev–Trinajstić information content (AvgIpc) is 2.82. The average molecular weight is 450 g/mol. The van der Waals surface area contributed by atoms with Gasteiger partial charge in [-0.15, -0.1) is 0 Å². The van der Waals surface area contributed by atoms with Crippen molar-refractivity contribution in [2.45, 2.75) is 38.6 Å². The Bertz CT molecular complexity index is 1110. The van der Waals surface area contributed by atoms with Crippen molar-refractivity contribution >= 4 is 34.3 Å². The second-order valence-electron chi connectivity index (χ2n) is 8.76. The molecule has 1 atom stereocenters. The minimum atomic E-state index is -0.568. The summed E-state index contributed by atoms with van der Waals surface area (Å²) in [6.07, 6.45) is 3.37. The van der Waals surface area contributed by atoms with Crippen LogP contribution in [0.2, 0.25) is 5.02 Å². The summed E-state index contributed by atoms with van der Waals surface area (Å²) in [4.78, 5) is 32.5. The molecule has 0 bridgehead atoms. The third kappa shape index (κ3) is 4.94. The maximum Gasteiger partial charge on any atom is 0.253 e. The van der Waals surface area contributed by atoms with E-state index < -0.39 is 6.04 Å². The Morgan fingerprint density at radius 3 is 2.44 bits per heavy atom. The van der Waals surface area contributed by atoms with E-state index in [0.717, 1.165) is 28.8 Å². The molecule has 6 heteroatoms. The number of pyridine rings is 1. The zero-order valence-corrected chi connectivity index (χ0v) is 19.2. The summed E-state index contributed by atoms with van der Waals surface area (Å²) in [5, 5.41) is 4.59. The molecule has 2 amide bonds. The van der Waals surface area contributed by atoms with Gasteiger partial charge in [0.15, 0.2) is 0 Å². The summed E-state index contributed by atoms with van der Waals surface area (Å²) in [6.45, 7) is 5.29. The number of halogens is 1. The van der Waals surface area contributed by atoms with Crippen LogP contribution in [0.3, 0.4) is 0 Å². The summed E-state index contributed by atoms with van der Waals surface area (Å²) in [7, 11) is 0. The molecule has 1 saturated heterocycles. The van der Waals surface area contributed by atoms with Gasteiger partial charge < -0.3 is 10.2 Å². The summed E-state index contributed by atoms with van der Waals surface area (Å²) >= 11 is 6.00. The minimum absolute atomic E-state index is 0.0170. The maximum atomic E-state index is 13.3. The molecular weight excluding hydrogens is 422 g/mol. The number of piperidine rings is 1. The Morgan fingerprint density at radius 1 is 1.06 bits per heavy atom. The van der Waals surface area contributed by atoms with Crippen LogP contribution in [0.4, 0.5) is 0 Å². The molecule has 0 unspecified atom stereocenters. The highest BCUT2D eigenvalue weighted by molar-refractivity contribution is 6.30. The van der Waals surface area contributed by atoms with E-state index in [4.69, 9.17) is 11.6 Å². The van der Waals surface area contributed by atoms with Gasteiger partial charge in [0.1, 0.15) is 6.04 Å². The fourth-order valence-corrected chi connectivity index (χ4v) is 4.42. The first kappa shape index (κ1) is 22.3. The second-order valence-corrected chi connectivity index (χ2v) is 9.20. The summed E-state index contributed by atoms with van der Waals surface area (Å²) < 4.78 is 0. The van der Waals surface area contributed by atoms with Crippen LogP contribution in [0.1, 0.15) is 48.5 Å². The molecule has 3 aromatic rings. The van der Waals surface area contributed by atoms with Gasteiger partial charge in [0.05, 0.1) is 11.1 Å². The van der Waals surface area contributed by atoms with E-state index in [1.165, 1.54) is 5.56 Å². The maximum absolute atomic E-state index is 13.3. The van der Waals surface area contributed by atoms with Crippen LogP contribution in [0, 0.1) is 5.92 Å². The van der Waals surface area contributed by atoms with Gasteiger partial charge >= 0.3 is 0 Å². The molecule has 1 N–H and O–H groups in total. The number of rotatable bonds is 5. The van der Waals surface area contributed by atoms with Crippen molar-refractivity contribution in [3.63, 3.8) is 0 Å².